The molecule has 3 heteroatoms. The minimum Gasteiger partial charge on any atom is -0.438 e. The van der Waals surface area contributed by atoms with Crippen LogP contribution in [0.15, 0.2) is 22.6 Å². The van der Waals surface area contributed by atoms with E-state index in [1.807, 2.05) is 25.1 Å². The monoisotopic (exact) mass is 216 g/mol. The van der Waals surface area contributed by atoms with Gasteiger partial charge in [0.15, 0.2) is 5.58 Å². The minimum absolute atomic E-state index is 0.328. The summed E-state index contributed by atoms with van der Waals surface area (Å²) >= 11 is 0. The Morgan fingerprint density at radius 2 is 2.06 bits per heavy atom. The summed E-state index contributed by atoms with van der Waals surface area (Å²) in [6.07, 6.45) is 4.32. The zero-order valence-corrected chi connectivity index (χ0v) is 9.49. The highest BCUT2D eigenvalue weighted by Gasteiger charge is 2.36. The number of fused-ring (bicyclic) bond motifs is 1. The fraction of sp³-hybridized carbons (Fsp3) is 0.462. The van der Waals surface area contributed by atoms with Crippen LogP contribution in [-0.2, 0) is 5.54 Å². The van der Waals surface area contributed by atoms with Crippen LogP contribution in [0.1, 0.15) is 37.1 Å². The van der Waals surface area contributed by atoms with E-state index in [-0.39, 0.29) is 5.54 Å². The van der Waals surface area contributed by atoms with Gasteiger partial charge in [-0.1, -0.05) is 25.0 Å². The molecule has 0 aliphatic heterocycles. The van der Waals surface area contributed by atoms with Crippen molar-refractivity contribution in [3.8, 4) is 0 Å². The van der Waals surface area contributed by atoms with Gasteiger partial charge in [0.2, 0.25) is 5.89 Å². The maximum atomic E-state index is 6.34. The van der Waals surface area contributed by atoms with Crippen LogP contribution in [0.3, 0.4) is 0 Å². The smallest absolute Gasteiger partial charge is 0.215 e. The number of benzene rings is 1. The lowest BCUT2D eigenvalue weighted by Gasteiger charge is -2.18. The molecule has 0 bridgehead atoms. The Balaban J connectivity index is 2.15. The lowest BCUT2D eigenvalue weighted by Crippen LogP contribution is -2.33. The summed E-state index contributed by atoms with van der Waals surface area (Å²) in [6, 6.07) is 6.02. The van der Waals surface area contributed by atoms with Crippen molar-refractivity contribution in [2.75, 3.05) is 0 Å². The maximum Gasteiger partial charge on any atom is 0.215 e. The molecule has 1 fully saturated rings. The van der Waals surface area contributed by atoms with E-state index in [4.69, 9.17) is 10.2 Å². The van der Waals surface area contributed by atoms with Crippen LogP contribution in [0.5, 0.6) is 0 Å². The van der Waals surface area contributed by atoms with Crippen molar-refractivity contribution in [3.05, 3.63) is 29.7 Å². The molecule has 2 N–H and O–H groups in total. The van der Waals surface area contributed by atoms with E-state index in [9.17, 15) is 0 Å². The number of hydrogen-bond donors (Lipinski definition) is 1. The molecule has 1 aliphatic rings. The predicted molar refractivity (Wildman–Crippen MR) is 63.1 cm³/mol. The first-order valence-corrected chi connectivity index (χ1v) is 5.85. The molecule has 2 aromatic rings. The molecule has 16 heavy (non-hydrogen) atoms. The number of aromatic nitrogens is 1. The van der Waals surface area contributed by atoms with Crippen molar-refractivity contribution in [2.24, 2.45) is 5.73 Å². The quantitative estimate of drug-likeness (QED) is 0.797. The fourth-order valence-electron chi connectivity index (χ4n) is 2.52. The molecule has 84 valence electrons. The zero-order chi connectivity index (χ0) is 11.2. The van der Waals surface area contributed by atoms with E-state index in [1.54, 1.807) is 0 Å². The van der Waals surface area contributed by atoms with Gasteiger partial charge in [-0.2, -0.15) is 0 Å². The van der Waals surface area contributed by atoms with Gasteiger partial charge in [-0.3, -0.25) is 0 Å². The number of nitrogens with two attached hydrogens (primary N) is 1. The molecule has 1 aliphatic carbocycles. The van der Waals surface area contributed by atoms with E-state index in [0.29, 0.717) is 5.89 Å². The van der Waals surface area contributed by atoms with E-state index in [0.717, 1.165) is 29.5 Å². The molecule has 1 aromatic carbocycles. The highest BCUT2D eigenvalue weighted by atomic mass is 16.4. The third-order valence-electron chi connectivity index (χ3n) is 3.53. The number of oxazole rings is 1. The Kier molecular flexibility index (Phi) is 2.04. The Hall–Kier alpha value is -1.35. The van der Waals surface area contributed by atoms with E-state index in [2.05, 4.69) is 4.98 Å². The molecule has 0 atom stereocenters. The van der Waals surface area contributed by atoms with Crippen LogP contribution < -0.4 is 5.73 Å². The molecule has 0 unspecified atom stereocenters. The van der Waals surface area contributed by atoms with Gasteiger partial charge >= 0.3 is 0 Å². The molecular weight excluding hydrogens is 200 g/mol. The first kappa shape index (κ1) is 9.85. The lowest BCUT2D eigenvalue weighted by molar-refractivity contribution is 0.346. The second kappa shape index (κ2) is 3.32. The number of aryl methyl sites for hydroxylation is 1. The number of para-hydroxylation sites is 1. The van der Waals surface area contributed by atoms with E-state index in [1.165, 1.54) is 12.8 Å². The molecule has 1 saturated carbocycles. The summed E-state index contributed by atoms with van der Waals surface area (Å²) in [4.78, 5) is 4.54. The van der Waals surface area contributed by atoms with Gasteiger partial charge in [-0.05, 0) is 31.4 Å². The van der Waals surface area contributed by atoms with Crippen LogP contribution >= 0.6 is 0 Å². The molecule has 0 spiro atoms. The maximum absolute atomic E-state index is 6.34. The molecule has 0 amide bonds. The van der Waals surface area contributed by atoms with Gasteiger partial charge in [0.05, 0.1) is 5.54 Å². The third kappa shape index (κ3) is 1.35. The van der Waals surface area contributed by atoms with Gasteiger partial charge in [0, 0.05) is 0 Å². The van der Waals surface area contributed by atoms with Crippen molar-refractivity contribution in [3.63, 3.8) is 0 Å². The first-order valence-electron chi connectivity index (χ1n) is 5.85. The number of nitrogens with zero attached hydrogens (tertiary/aromatic N) is 1. The summed E-state index contributed by atoms with van der Waals surface area (Å²) in [6.45, 7) is 2.04. The molecular formula is C13H16N2O. The van der Waals surface area contributed by atoms with Crippen molar-refractivity contribution in [2.45, 2.75) is 38.1 Å². The van der Waals surface area contributed by atoms with Crippen LogP contribution in [0.4, 0.5) is 0 Å². The summed E-state index contributed by atoms with van der Waals surface area (Å²) in [5, 5.41) is 0. The summed E-state index contributed by atoms with van der Waals surface area (Å²) in [5.74, 6) is 0.717. The van der Waals surface area contributed by atoms with Gasteiger partial charge < -0.3 is 10.2 Å². The van der Waals surface area contributed by atoms with Crippen LogP contribution in [0, 0.1) is 6.92 Å². The predicted octanol–water partition coefficient (Wildman–Crippen LogP) is 2.86. The lowest BCUT2D eigenvalue weighted by atomic mass is 10.00. The van der Waals surface area contributed by atoms with Crippen molar-refractivity contribution >= 4 is 11.1 Å². The highest BCUT2D eigenvalue weighted by Crippen LogP contribution is 2.37. The van der Waals surface area contributed by atoms with Crippen LogP contribution in [0.25, 0.3) is 11.1 Å². The van der Waals surface area contributed by atoms with Gasteiger partial charge in [-0.15, -0.1) is 0 Å². The second-order valence-electron chi connectivity index (χ2n) is 4.81. The van der Waals surface area contributed by atoms with Crippen molar-refractivity contribution < 1.29 is 4.42 Å². The largest absolute Gasteiger partial charge is 0.438 e. The van der Waals surface area contributed by atoms with Crippen LogP contribution in [0.2, 0.25) is 0 Å². The minimum atomic E-state index is -0.328. The Morgan fingerprint density at radius 3 is 2.75 bits per heavy atom. The molecule has 3 rings (SSSR count). The highest BCUT2D eigenvalue weighted by molar-refractivity contribution is 5.76. The summed E-state index contributed by atoms with van der Waals surface area (Å²) in [5.41, 5.74) is 8.94. The standard InChI is InChI=1S/C13H16N2O/c1-9-5-4-6-10-11(9)16-12(15-10)13(14)7-2-3-8-13/h4-6H,2-3,7-8,14H2,1H3. The fourth-order valence-corrected chi connectivity index (χ4v) is 2.52. The molecule has 0 radical (unpaired) electrons. The van der Waals surface area contributed by atoms with Crippen LogP contribution in [-0.4, -0.2) is 4.98 Å². The van der Waals surface area contributed by atoms with Gasteiger partial charge in [-0.25, -0.2) is 4.98 Å². The van der Waals surface area contributed by atoms with Gasteiger partial charge in [0.25, 0.3) is 0 Å². The number of rotatable bonds is 1. The SMILES string of the molecule is Cc1cccc2nc(C3(N)CCCC3)oc12. The third-order valence-corrected chi connectivity index (χ3v) is 3.53. The topological polar surface area (TPSA) is 52.0 Å². The Labute approximate surface area is 94.7 Å². The molecule has 1 heterocycles. The number of hydrogen-bond acceptors (Lipinski definition) is 3. The second-order valence-corrected chi connectivity index (χ2v) is 4.81. The summed E-state index contributed by atoms with van der Waals surface area (Å²) < 4.78 is 5.85. The zero-order valence-electron chi connectivity index (χ0n) is 9.49. The Morgan fingerprint density at radius 1 is 1.31 bits per heavy atom. The molecule has 0 saturated heterocycles. The van der Waals surface area contributed by atoms with E-state index < -0.39 is 0 Å². The van der Waals surface area contributed by atoms with Crippen molar-refractivity contribution in [1.82, 2.24) is 4.98 Å². The average molecular weight is 216 g/mol. The molecule has 3 nitrogen and oxygen atoms in total. The van der Waals surface area contributed by atoms with E-state index >= 15 is 0 Å². The normalized spacial score (nSPS) is 19.4. The first-order chi connectivity index (χ1) is 7.69. The summed E-state index contributed by atoms with van der Waals surface area (Å²) in [7, 11) is 0. The van der Waals surface area contributed by atoms with Crippen molar-refractivity contribution in [1.29, 1.82) is 0 Å². The molecule has 1 aromatic heterocycles. The van der Waals surface area contributed by atoms with Gasteiger partial charge in [0.1, 0.15) is 5.52 Å². The Bertz CT molecular complexity index is 524. The average Bonchev–Trinajstić information content (AvgIpc) is 2.85.